The number of aryl methyl sites for hydroxylation is 1. The maximum Gasteiger partial charge on any atom is 0.275 e. The SMILES string of the molecule is CCc1nn2c(=O)cc(CSCC(=O)N[C@H](C)CC)nc2s1. The van der Waals surface area contributed by atoms with Gasteiger partial charge in [0.25, 0.3) is 5.56 Å². The van der Waals surface area contributed by atoms with Gasteiger partial charge in [0.05, 0.1) is 11.4 Å². The highest BCUT2D eigenvalue weighted by molar-refractivity contribution is 7.99. The van der Waals surface area contributed by atoms with Crippen LogP contribution in [0.15, 0.2) is 10.9 Å². The van der Waals surface area contributed by atoms with Crippen LogP contribution in [0.5, 0.6) is 0 Å². The molecule has 0 aliphatic heterocycles. The molecule has 1 atom stereocenters. The number of aromatic nitrogens is 3. The van der Waals surface area contributed by atoms with E-state index in [1.54, 1.807) is 0 Å². The first-order valence-electron chi connectivity index (χ1n) is 7.29. The van der Waals surface area contributed by atoms with Crippen LogP contribution in [-0.2, 0) is 17.0 Å². The molecule has 120 valence electrons. The van der Waals surface area contributed by atoms with E-state index in [1.807, 2.05) is 20.8 Å². The van der Waals surface area contributed by atoms with Crippen LogP contribution in [0.3, 0.4) is 0 Å². The van der Waals surface area contributed by atoms with E-state index in [2.05, 4.69) is 15.4 Å². The minimum Gasteiger partial charge on any atom is -0.353 e. The number of carbonyl (C=O) groups excluding carboxylic acids is 1. The lowest BCUT2D eigenvalue weighted by molar-refractivity contribution is -0.119. The molecule has 2 aromatic rings. The van der Waals surface area contributed by atoms with E-state index in [0.717, 1.165) is 17.8 Å². The van der Waals surface area contributed by atoms with Crippen molar-refractivity contribution >= 4 is 34.0 Å². The Morgan fingerprint density at radius 3 is 2.95 bits per heavy atom. The van der Waals surface area contributed by atoms with Gasteiger partial charge in [-0.05, 0) is 19.8 Å². The van der Waals surface area contributed by atoms with Crippen molar-refractivity contribution in [1.29, 1.82) is 0 Å². The number of rotatable bonds is 7. The molecule has 0 fully saturated rings. The largest absolute Gasteiger partial charge is 0.353 e. The van der Waals surface area contributed by atoms with Crippen molar-refractivity contribution in [2.45, 2.75) is 45.4 Å². The molecule has 2 rings (SSSR count). The molecule has 0 radical (unpaired) electrons. The normalized spacial score (nSPS) is 12.5. The molecule has 8 heteroatoms. The summed E-state index contributed by atoms with van der Waals surface area (Å²) in [5.41, 5.74) is 0.526. The van der Waals surface area contributed by atoms with Gasteiger partial charge in [-0.1, -0.05) is 25.2 Å². The Kier molecular flexibility index (Phi) is 5.96. The predicted octanol–water partition coefficient (Wildman–Crippen LogP) is 1.86. The number of thioether (sulfide) groups is 1. The zero-order valence-corrected chi connectivity index (χ0v) is 14.6. The van der Waals surface area contributed by atoms with Crippen LogP contribution in [-0.4, -0.2) is 32.3 Å². The summed E-state index contributed by atoms with van der Waals surface area (Å²) < 4.78 is 1.34. The van der Waals surface area contributed by atoms with Gasteiger partial charge < -0.3 is 5.32 Å². The van der Waals surface area contributed by atoms with E-state index in [4.69, 9.17) is 0 Å². The van der Waals surface area contributed by atoms with Crippen LogP contribution < -0.4 is 10.9 Å². The third-order valence-electron chi connectivity index (χ3n) is 3.15. The summed E-state index contributed by atoms with van der Waals surface area (Å²) in [7, 11) is 0. The molecule has 0 bridgehead atoms. The summed E-state index contributed by atoms with van der Waals surface area (Å²) >= 11 is 2.89. The average molecular weight is 340 g/mol. The number of carbonyl (C=O) groups is 1. The fourth-order valence-corrected chi connectivity index (χ4v) is 3.37. The topological polar surface area (TPSA) is 76.4 Å². The Labute approximate surface area is 137 Å². The van der Waals surface area contributed by atoms with Crippen molar-refractivity contribution in [3.8, 4) is 0 Å². The minimum absolute atomic E-state index is 0.0169. The summed E-state index contributed by atoms with van der Waals surface area (Å²) in [5.74, 6) is 0.927. The lowest BCUT2D eigenvalue weighted by Crippen LogP contribution is -2.33. The number of fused-ring (bicyclic) bond motifs is 1. The van der Waals surface area contributed by atoms with Gasteiger partial charge in [0.2, 0.25) is 10.9 Å². The highest BCUT2D eigenvalue weighted by Gasteiger charge is 2.09. The lowest BCUT2D eigenvalue weighted by Gasteiger charge is -2.10. The highest BCUT2D eigenvalue weighted by Crippen LogP contribution is 2.14. The number of hydrogen-bond donors (Lipinski definition) is 1. The zero-order valence-electron chi connectivity index (χ0n) is 13.0. The molecule has 0 aliphatic rings. The first-order chi connectivity index (χ1) is 10.5. The third-order valence-corrected chi connectivity index (χ3v) is 5.16. The molecular weight excluding hydrogens is 320 g/mol. The highest BCUT2D eigenvalue weighted by atomic mass is 32.2. The molecule has 0 aliphatic carbocycles. The lowest BCUT2D eigenvalue weighted by atomic mass is 10.3. The molecule has 2 heterocycles. The van der Waals surface area contributed by atoms with Crippen LogP contribution >= 0.6 is 23.1 Å². The fraction of sp³-hybridized carbons (Fsp3) is 0.571. The molecule has 1 amide bonds. The van der Waals surface area contributed by atoms with Crippen LogP contribution in [0, 0.1) is 0 Å². The number of nitrogens with zero attached hydrogens (tertiary/aromatic N) is 3. The molecular formula is C14H20N4O2S2. The predicted molar refractivity (Wildman–Crippen MR) is 90.6 cm³/mol. The van der Waals surface area contributed by atoms with Crippen molar-refractivity contribution in [3.05, 3.63) is 27.1 Å². The number of amides is 1. The van der Waals surface area contributed by atoms with Crippen LogP contribution in [0.25, 0.3) is 4.96 Å². The Morgan fingerprint density at radius 1 is 1.50 bits per heavy atom. The Bertz CT molecular complexity index is 710. The number of hydrogen-bond acceptors (Lipinski definition) is 6. The van der Waals surface area contributed by atoms with Gasteiger partial charge in [-0.2, -0.15) is 9.61 Å². The summed E-state index contributed by atoms with van der Waals surface area (Å²) in [6, 6.07) is 1.68. The molecule has 22 heavy (non-hydrogen) atoms. The van der Waals surface area contributed by atoms with Crippen molar-refractivity contribution < 1.29 is 4.79 Å². The van der Waals surface area contributed by atoms with Crippen LogP contribution in [0.2, 0.25) is 0 Å². The van der Waals surface area contributed by atoms with E-state index in [9.17, 15) is 9.59 Å². The Morgan fingerprint density at radius 2 is 2.27 bits per heavy atom. The van der Waals surface area contributed by atoms with E-state index in [-0.39, 0.29) is 17.5 Å². The minimum atomic E-state index is -0.166. The summed E-state index contributed by atoms with van der Waals surface area (Å²) in [4.78, 5) is 28.7. The molecule has 0 saturated carbocycles. The monoisotopic (exact) mass is 340 g/mol. The van der Waals surface area contributed by atoms with E-state index < -0.39 is 0 Å². The molecule has 6 nitrogen and oxygen atoms in total. The van der Waals surface area contributed by atoms with Gasteiger partial charge in [0, 0.05) is 17.9 Å². The van der Waals surface area contributed by atoms with Crippen molar-refractivity contribution in [3.63, 3.8) is 0 Å². The van der Waals surface area contributed by atoms with Crippen LogP contribution in [0.1, 0.15) is 37.9 Å². The molecule has 0 saturated heterocycles. The molecule has 0 unspecified atom stereocenters. The molecule has 1 N–H and O–H groups in total. The Balaban J connectivity index is 1.97. The standard InChI is InChI=1S/C14H20N4O2S2/c1-4-9(3)15-11(19)8-21-7-10-6-13(20)18-14(16-10)22-12(5-2)17-18/h6,9H,4-5,7-8H2,1-3H3,(H,15,19)/t9-/m1/s1. The second kappa shape index (κ2) is 7.73. The van der Waals surface area contributed by atoms with E-state index in [1.165, 1.54) is 33.7 Å². The van der Waals surface area contributed by atoms with E-state index >= 15 is 0 Å². The summed E-state index contributed by atoms with van der Waals surface area (Å²) in [6.45, 7) is 6.01. The third kappa shape index (κ3) is 4.30. The second-order valence-electron chi connectivity index (χ2n) is 5.00. The van der Waals surface area contributed by atoms with Gasteiger partial charge >= 0.3 is 0 Å². The van der Waals surface area contributed by atoms with Crippen molar-refractivity contribution in [2.24, 2.45) is 0 Å². The molecule has 0 spiro atoms. The maximum absolute atomic E-state index is 12.0. The van der Waals surface area contributed by atoms with Crippen LogP contribution in [0.4, 0.5) is 0 Å². The molecule has 2 aromatic heterocycles. The maximum atomic E-state index is 12.0. The average Bonchev–Trinajstić information content (AvgIpc) is 2.91. The van der Waals surface area contributed by atoms with Gasteiger partial charge in [-0.3, -0.25) is 9.59 Å². The summed E-state index contributed by atoms with van der Waals surface area (Å²) in [6.07, 6.45) is 1.70. The fourth-order valence-electron chi connectivity index (χ4n) is 1.78. The molecule has 0 aromatic carbocycles. The van der Waals surface area contributed by atoms with Gasteiger partial charge in [0.1, 0.15) is 5.01 Å². The smallest absolute Gasteiger partial charge is 0.275 e. The number of nitrogens with one attached hydrogen (secondary N) is 1. The van der Waals surface area contributed by atoms with Gasteiger partial charge in [-0.15, -0.1) is 11.8 Å². The van der Waals surface area contributed by atoms with Gasteiger partial charge in [0.15, 0.2) is 0 Å². The van der Waals surface area contributed by atoms with Crippen molar-refractivity contribution in [1.82, 2.24) is 19.9 Å². The Hall–Kier alpha value is -1.41. The summed E-state index contributed by atoms with van der Waals surface area (Å²) in [5, 5.41) is 8.02. The van der Waals surface area contributed by atoms with Gasteiger partial charge in [-0.25, -0.2) is 4.98 Å². The van der Waals surface area contributed by atoms with Crippen molar-refractivity contribution in [2.75, 3.05) is 5.75 Å². The zero-order chi connectivity index (χ0) is 16.1. The second-order valence-corrected chi connectivity index (χ2v) is 7.03. The first kappa shape index (κ1) is 17.0. The van der Waals surface area contributed by atoms with E-state index in [0.29, 0.717) is 22.2 Å². The first-order valence-corrected chi connectivity index (χ1v) is 9.26. The quantitative estimate of drug-likeness (QED) is 0.832.